The SMILES string of the molecule is CC(C)C(NC(CCCCCN1C(=O)C=CC1=O)C(F)(F)F)C(=O)NCC(=O)Nc1ccc(COC(=O)Oc2ccc([N+](=O)[O-])cc2)cc1.CCCNC(N)=O. The van der Waals surface area contributed by atoms with Crippen LogP contribution in [0, 0.1) is 16.0 Å². The highest BCUT2D eigenvalue weighted by Crippen LogP contribution is 2.26. The van der Waals surface area contributed by atoms with Crippen LogP contribution in [0.1, 0.15) is 58.4 Å². The van der Waals surface area contributed by atoms with E-state index in [9.17, 15) is 52.1 Å². The molecule has 2 unspecified atom stereocenters. The summed E-state index contributed by atoms with van der Waals surface area (Å²) in [6.07, 6.45) is -2.01. The first-order valence-corrected chi connectivity index (χ1v) is 17.6. The molecule has 2 aromatic carbocycles. The number of ether oxygens (including phenoxy) is 2. The van der Waals surface area contributed by atoms with Gasteiger partial charge in [-0.05, 0) is 55.0 Å². The summed E-state index contributed by atoms with van der Waals surface area (Å²) in [5.41, 5.74) is 5.42. The monoisotopic (exact) mass is 793 g/mol. The Balaban J connectivity index is 0.00000141. The molecule has 0 radical (unpaired) electrons. The first-order chi connectivity index (χ1) is 26.4. The van der Waals surface area contributed by atoms with E-state index >= 15 is 0 Å². The molecular weight excluding hydrogens is 747 g/mol. The van der Waals surface area contributed by atoms with Gasteiger partial charge in [0.25, 0.3) is 17.5 Å². The molecule has 6 N–H and O–H groups in total. The number of nitrogens with two attached hydrogens (primary N) is 1. The zero-order valence-electron chi connectivity index (χ0n) is 31.1. The van der Waals surface area contributed by atoms with Gasteiger partial charge >= 0.3 is 18.4 Å². The topological polar surface area (TPSA) is 241 Å². The van der Waals surface area contributed by atoms with Crippen molar-refractivity contribution in [1.82, 2.24) is 20.9 Å². The van der Waals surface area contributed by atoms with Crippen LogP contribution >= 0.6 is 0 Å². The molecule has 20 heteroatoms. The smallest absolute Gasteiger partial charge is 0.429 e. The van der Waals surface area contributed by atoms with Gasteiger partial charge in [-0.2, -0.15) is 13.2 Å². The molecule has 17 nitrogen and oxygen atoms in total. The molecule has 3 rings (SSSR count). The minimum Gasteiger partial charge on any atom is -0.429 e. The highest BCUT2D eigenvalue weighted by molar-refractivity contribution is 6.12. The Bertz CT molecular complexity index is 1670. The summed E-state index contributed by atoms with van der Waals surface area (Å²) in [7, 11) is 0. The Kier molecular flexibility index (Phi) is 18.9. The number of carbonyl (C=O) groups is 6. The molecule has 1 heterocycles. The summed E-state index contributed by atoms with van der Waals surface area (Å²) in [6.45, 7) is 5.20. The Morgan fingerprint density at radius 3 is 2.07 bits per heavy atom. The fourth-order valence-electron chi connectivity index (χ4n) is 4.89. The maximum atomic E-state index is 13.8. The van der Waals surface area contributed by atoms with Gasteiger partial charge in [0.15, 0.2) is 0 Å². The van der Waals surface area contributed by atoms with Gasteiger partial charge in [-0.3, -0.25) is 39.5 Å². The molecule has 1 aliphatic rings. The van der Waals surface area contributed by atoms with Gasteiger partial charge in [0.05, 0.1) is 17.5 Å². The van der Waals surface area contributed by atoms with Gasteiger partial charge in [-0.1, -0.05) is 45.7 Å². The lowest BCUT2D eigenvalue weighted by Crippen LogP contribution is -2.56. The number of anilines is 1. The zero-order valence-corrected chi connectivity index (χ0v) is 31.1. The molecule has 0 aromatic heterocycles. The number of rotatable bonds is 19. The number of nitrogens with zero attached hydrogens (tertiary/aromatic N) is 2. The Morgan fingerprint density at radius 2 is 1.55 bits per heavy atom. The zero-order chi connectivity index (χ0) is 41.8. The van der Waals surface area contributed by atoms with Crippen LogP contribution in [0.3, 0.4) is 0 Å². The Labute approximate surface area is 320 Å². The number of amides is 6. The van der Waals surface area contributed by atoms with Crippen LogP contribution in [0.4, 0.5) is 34.1 Å². The molecule has 0 saturated carbocycles. The molecule has 2 aromatic rings. The predicted octanol–water partition coefficient (Wildman–Crippen LogP) is 4.46. The summed E-state index contributed by atoms with van der Waals surface area (Å²) in [5, 5.41) is 20.5. The molecule has 2 atom stereocenters. The average molecular weight is 794 g/mol. The van der Waals surface area contributed by atoms with Gasteiger partial charge in [0.1, 0.15) is 18.4 Å². The number of imide groups is 1. The molecule has 6 amide bonds. The first-order valence-electron chi connectivity index (χ1n) is 17.6. The third-order valence-corrected chi connectivity index (χ3v) is 7.82. The van der Waals surface area contributed by atoms with E-state index in [0.29, 0.717) is 30.6 Å². The molecule has 0 aliphatic carbocycles. The van der Waals surface area contributed by atoms with Crippen LogP contribution in [-0.4, -0.2) is 83.5 Å². The largest absolute Gasteiger partial charge is 0.514 e. The van der Waals surface area contributed by atoms with Crippen molar-refractivity contribution < 1.29 is 56.3 Å². The molecule has 0 fully saturated rings. The van der Waals surface area contributed by atoms with Crippen molar-refractivity contribution in [3.05, 3.63) is 76.4 Å². The summed E-state index contributed by atoms with van der Waals surface area (Å²) in [5.74, 6) is -2.83. The number of hydrogen-bond acceptors (Lipinski definition) is 11. The second kappa shape index (κ2) is 23.0. The number of nitro benzene ring substituents is 1. The van der Waals surface area contributed by atoms with Crippen molar-refractivity contribution in [2.75, 3.05) is 25.0 Å². The lowest BCUT2D eigenvalue weighted by molar-refractivity contribution is -0.384. The molecule has 56 heavy (non-hydrogen) atoms. The van der Waals surface area contributed by atoms with Gasteiger partial charge in [-0.25, -0.2) is 9.59 Å². The number of halogens is 3. The highest BCUT2D eigenvalue weighted by atomic mass is 19.4. The van der Waals surface area contributed by atoms with Gasteiger partial charge < -0.3 is 31.2 Å². The Morgan fingerprint density at radius 1 is 0.929 bits per heavy atom. The van der Waals surface area contributed by atoms with Crippen LogP contribution in [-0.2, 0) is 30.5 Å². The third kappa shape index (κ3) is 17.0. The predicted molar refractivity (Wildman–Crippen MR) is 196 cm³/mol. The average Bonchev–Trinajstić information content (AvgIpc) is 3.46. The highest BCUT2D eigenvalue weighted by Gasteiger charge is 2.41. The number of nitrogens with one attached hydrogen (secondary N) is 4. The van der Waals surface area contributed by atoms with Gasteiger partial charge in [-0.15, -0.1) is 0 Å². The van der Waals surface area contributed by atoms with Crippen molar-refractivity contribution in [2.24, 2.45) is 11.7 Å². The van der Waals surface area contributed by atoms with Gasteiger partial charge in [0.2, 0.25) is 11.8 Å². The minimum atomic E-state index is -4.65. The van der Waals surface area contributed by atoms with E-state index in [1.165, 1.54) is 36.4 Å². The van der Waals surface area contributed by atoms with Crippen molar-refractivity contribution in [3.63, 3.8) is 0 Å². The van der Waals surface area contributed by atoms with Crippen LogP contribution in [0.2, 0.25) is 0 Å². The molecule has 0 saturated heterocycles. The van der Waals surface area contributed by atoms with Crippen molar-refractivity contribution >= 4 is 47.2 Å². The summed E-state index contributed by atoms with van der Waals surface area (Å²) >= 11 is 0. The van der Waals surface area contributed by atoms with Crippen molar-refractivity contribution in [1.29, 1.82) is 0 Å². The van der Waals surface area contributed by atoms with E-state index in [2.05, 4.69) is 21.3 Å². The molecular formula is C36H46F3N7O10. The number of primary amides is 1. The second-order valence-electron chi connectivity index (χ2n) is 12.6. The first kappa shape index (κ1) is 46.1. The fraction of sp³-hybridized carbons (Fsp3) is 0.444. The molecule has 0 spiro atoms. The van der Waals surface area contributed by atoms with Crippen LogP contribution in [0.25, 0.3) is 0 Å². The number of alkyl halides is 3. The van der Waals surface area contributed by atoms with Crippen LogP contribution < -0.4 is 31.7 Å². The number of carbonyl (C=O) groups excluding carboxylic acids is 6. The second-order valence-corrected chi connectivity index (χ2v) is 12.6. The maximum Gasteiger partial charge on any atom is 0.514 e. The van der Waals surface area contributed by atoms with Crippen molar-refractivity contribution in [2.45, 2.75) is 77.7 Å². The Hall–Kier alpha value is -6.05. The van der Waals surface area contributed by atoms with E-state index in [-0.39, 0.29) is 37.4 Å². The molecule has 306 valence electrons. The lowest BCUT2D eigenvalue weighted by atomic mass is 10.00. The number of nitro groups is 1. The van der Waals surface area contributed by atoms with E-state index in [4.69, 9.17) is 15.2 Å². The van der Waals surface area contributed by atoms with E-state index in [1.807, 2.05) is 6.92 Å². The number of urea groups is 1. The van der Waals surface area contributed by atoms with Gasteiger partial charge in [0, 0.05) is 43.1 Å². The van der Waals surface area contributed by atoms with Crippen LogP contribution in [0.15, 0.2) is 60.7 Å². The number of non-ortho nitro benzene ring substituents is 1. The maximum absolute atomic E-state index is 13.8. The standard InChI is InChI=1S/C32H36F3N5O9.C4H10N2O/c1-20(2)29(38-25(32(33,34)35)6-4-3-5-17-39-27(42)15-16-28(39)43)30(44)36-18-26(41)37-22-9-7-21(8-10-22)19-48-31(45)49-24-13-11-23(12-14-24)40(46)47;1-2-3-6-4(5)7/h7-16,20,25,29,38H,3-6,17-19H2,1-2H3,(H,36,44)(H,37,41);2-3H2,1H3,(H3,5,6,7). The minimum absolute atomic E-state index is 0.0502. The number of unbranched alkanes of at least 4 members (excludes halogenated alkanes) is 2. The lowest BCUT2D eigenvalue weighted by Gasteiger charge is -2.29. The summed E-state index contributed by atoms with van der Waals surface area (Å²) in [4.78, 5) is 81.4. The van der Waals surface area contributed by atoms with E-state index in [1.54, 1.807) is 26.0 Å². The summed E-state index contributed by atoms with van der Waals surface area (Å²) in [6, 6.07) is 7.23. The number of hydrogen-bond donors (Lipinski definition) is 5. The van der Waals surface area contributed by atoms with Crippen LogP contribution in [0.5, 0.6) is 5.75 Å². The van der Waals surface area contributed by atoms with E-state index in [0.717, 1.165) is 23.5 Å². The normalized spacial score (nSPS) is 13.3. The molecule has 0 bridgehead atoms. The quantitative estimate of drug-likeness (QED) is 0.0332. The fourth-order valence-corrected chi connectivity index (χ4v) is 4.89. The van der Waals surface area contributed by atoms with E-state index < -0.39 is 71.5 Å². The third-order valence-electron chi connectivity index (χ3n) is 7.82. The summed E-state index contributed by atoms with van der Waals surface area (Å²) < 4.78 is 51.5. The van der Waals surface area contributed by atoms with Crippen molar-refractivity contribution in [3.8, 4) is 5.75 Å². The number of benzene rings is 2. The molecule has 1 aliphatic heterocycles.